The summed E-state index contributed by atoms with van der Waals surface area (Å²) in [6, 6.07) is 15.5. The van der Waals surface area contributed by atoms with Crippen LogP contribution in [0.1, 0.15) is 5.69 Å². The normalized spacial score (nSPS) is 11.0. The van der Waals surface area contributed by atoms with Crippen molar-refractivity contribution in [3.63, 3.8) is 0 Å². The van der Waals surface area contributed by atoms with Crippen LogP contribution in [0.4, 0.5) is 5.69 Å². The van der Waals surface area contributed by atoms with Crippen LogP contribution in [0.5, 0.6) is 0 Å². The van der Waals surface area contributed by atoms with E-state index in [1.54, 1.807) is 6.20 Å². The fourth-order valence-corrected chi connectivity index (χ4v) is 3.59. The number of nitrogens with one attached hydrogen (secondary N) is 1. The van der Waals surface area contributed by atoms with Gasteiger partial charge in [-0.25, -0.2) is 4.98 Å². The molecule has 0 atom stereocenters. The van der Waals surface area contributed by atoms with Gasteiger partial charge in [0.2, 0.25) is 5.91 Å². The summed E-state index contributed by atoms with van der Waals surface area (Å²) in [4.78, 5) is 16.5. The van der Waals surface area contributed by atoms with Crippen LogP contribution in [0.2, 0.25) is 0 Å². The first-order valence-electron chi connectivity index (χ1n) is 8.15. The first-order chi connectivity index (χ1) is 12.6. The summed E-state index contributed by atoms with van der Waals surface area (Å²) in [7, 11) is 0. The zero-order valence-electron chi connectivity index (χ0n) is 14.1. The molecule has 0 bridgehead atoms. The van der Waals surface area contributed by atoms with Gasteiger partial charge in [0.05, 0.1) is 6.20 Å². The van der Waals surface area contributed by atoms with Gasteiger partial charge in [-0.3, -0.25) is 4.79 Å². The lowest BCUT2D eigenvalue weighted by molar-refractivity contribution is -0.116. The van der Waals surface area contributed by atoms with E-state index in [1.165, 1.54) is 6.39 Å². The molecule has 0 aliphatic rings. The molecular formula is C20H16BrN3O2. The quantitative estimate of drug-likeness (QED) is 0.515. The van der Waals surface area contributed by atoms with Gasteiger partial charge in [-0.2, -0.15) is 0 Å². The average molecular weight is 410 g/mol. The fourth-order valence-electron chi connectivity index (χ4n) is 3.05. The maximum atomic E-state index is 12.6. The number of carbonyl (C=O) groups excluding carboxylic acids is 1. The lowest BCUT2D eigenvalue weighted by atomic mass is 10.1. The van der Waals surface area contributed by atoms with Crippen LogP contribution >= 0.6 is 15.9 Å². The molecule has 0 unspecified atom stereocenters. The maximum Gasteiger partial charge on any atom is 0.244 e. The van der Waals surface area contributed by atoms with E-state index in [-0.39, 0.29) is 12.5 Å². The van der Waals surface area contributed by atoms with Crippen molar-refractivity contribution in [1.82, 2.24) is 9.55 Å². The van der Waals surface area contributed by atoms with Crippen molar-refractivity contribution < 1.29 is 9.21 Å². The number of anilines is 1. The Morgan fingerprint density at radius 2 is 2.08 bits per heavy atom. The van der Waals surface area contributed by atoms with Gasteiger partial charge < -0.3 is 14.3 Å². The fraction of sp³-hybridized carbons (Fsp3) is 0.100. The number of para-hydroxylation sites is 1. The second-order valence-corrected chi connectivity index (χ2v) is 6.79. The number of oxazole rings is 1. The second kappa shape index (κ2) is 6.80. The minimum Gasteiger partial charge on any atom is -0.444 e. The third kappa shape index (κ3) is 3.04. The third-order valence-corrected chi connectivity index (χ3v) is 5.32. The van der Waals surface area contributed by atoms with Gasteiger partial charge in [0.15, 0.2) is 12.2 Å². The summed E-state index contributed by atoms with van der Waals surface area (Å²) in [5.74, 6) is 0.577. The SMILES string of the molecule is Cc1c(Br)c2ccccc2n1CC(=O)Nc1cccc(-c2cnco2)c1. The number of hydrogen-bond donors (Lipinski definition) is 1. The summed E-state index contributed by atoms with van der Waals surface area (Å²) in [6.07, 6.45) is 3.03. The highest BCUT2D eigenvalue weighted by molar-refractivity contribution is 9.10. The van der Waals surface area contributed by atoms with Gasteiger partial charge in [0.25, 0.3) is 0 Å². The summed E-state index contributed by atoms with van der Waals surface area (Å²) >= 11 is 3.62. The molecule has 0 aliphatic heterocycles. The minimum atomic E-state index is -0.0870. The molecule has 2 heterocycles. The minimum absolute atomic E-state index is 0.0870. The molecule has 0 radical (unpaired) electrons. The average Bonchev–Trinajstić information content (AvgIpc) is 3.26. The van der Waals surface area contributed by atoms with E-state index < -0.39 is 0 Å². The first-order valence-corrected chi connectivity index (χ1v) is 8.95. The Labute approximate surface area is 158 Å². The third-order valence-electron chi connectivity index (χ3n) is 4.32. The Morgan fingerprint density at radius 1 is 1.23 bits per heavy atom. The van der Waals surface area contributed by atoms with Gasteiger partial charge in [-0.15, -0.1) is 0 Å². The molecule has 1 amide bonds. The molecule has 0 spiro atoms. The number of benzene rings is 2. The highest BCUT2D eigenvalue weighted by atomic mass is 79.9. The van der Waals surface area contributed by atoms with Crippen LogP contribution in [-0.4, -0.2) is 15.5 Å². The van der Waals surface area contributed by atoms with E-state index >= 15 is 0 Å². The van der Waals surface area contributed by atoms with E-state index in [9.17, 15) is 4.79 Å². The summed E-state index contributed by atoms with van der Waals surface area (Å²) < 4.78 is 8.34. The van der Waals surface area contributed by atoms with Crippen LogP contribution in [0.15, 0.2) is 70.0 Å². The van der Waals surface area contributed by atoms with E-state index in [2.05, 4.69) is 26.2 Å². The lowest BCUT2D eigenvalue weighted by Gasteiger charge is -2.10. The molecule has 4 rings (SSSR count). The highest BCUT2D eigenvalue weighted by Gasteiger charge is 2.14. The molecule has 6 heteroatoms. The molecule has 130 valence electrons. The monoisotopic (exact) mass is 409 g/mol. The standard InChI is InChI=1S/C20H16BrN3O2/c1-13-20(21)16-7-2-3-8-17(16)24(13)11-19(25)23-15-6-4-5-14(9-15)18-10-22-12-26-18/h2-10,12H,11H2,1H3,(H,23,25). The van der Waals surface area contributed by atoms with E-state index in [0.29, 0.717) is 5.76 Å². The Balaban J connectivity index is 1.57. The number of hydrogen-bond acceptors (Lipinski definition) is 3. The van der Waals surface area contributed by atoms with Crippen molar-refractivity contribution in [2.75, 3.05) is 5.32 Å². The zero-order valence-corrected chi connectivity index (χ0v) is 15.7. The Morgan fingerprint density at radius 3 is 2.88 bits per heavy atom. The van der Waals surface area contributed by atoms with Crippen molar-refractivity contribution in [2.24, 2.45) is 0 Å². The second-order valence-electron chi connectivity index (χ2n) is 6.00. The molecule has 2 aromatic heterocycles. The smallest absolute Gasteiger partial charge is 0.244 e. The Hall–Kier alpha value is -2.86. The molecule has 0 saturated heterocycles. The predicted octanol–water partition coefficient (Wildman–Crippen LogP) is 5.01. The lowest BCUT2D eigenvalue weighted by Crippen LogP contribution is -2.19. The Bertz CT molecular complexity index is 1080. The number of aromatic nitrogens is 2. The summed E-state index contributed by atoms with van der Waals surface area (Å²) in [6.45, 7) is 2.24. The van der Waals surface area contributed by atoms with E-state index in [0.717, 1.165) is 32.3 Å². The zero-order chi connectivity index (χ0) is 18.1. The number of halogens is 1. The molecule has 5 nitrogen and oxygen atoms in total. The van der Waals surface area contributed by atoms with Crippen LogP contribution < -0.4 is 5.32 Å². The number of nitrogens with zero attached hydrogens (tertiary/aromatic N) is 2. The molecule has 4 aromatic rings. The van der Waals surface area contributed by atoms with Gasteiger partial charge in [0.1, 0.15) is 6.54 Å². The van der Waals surface area contributed by atoms with Crippen LogP contribution in [0.3, 0.4) is 0 Å². The van der Waals surface area contributed by atoms with Crippen molar-refractivity contribution in [1.29, 1.82) is 0 Å². The van der Waals surface area contributed by atoms with Gasteiger partial charge >= 0.3 is 0 Å². The number of fused-ring (bicyclic) bond motifs is 1. The van der Waals surface area contributed by atoms with Crippen molar-refractivity contribution in [3.05, 3.63) is 71.3 Å². The topological polar surface area (TPSA) is 60.1 Å². The molecule has 0 fully saturated rings. The van der Waals surface area contributed by atoms with Gasteiger partial charge in [-0.1, -0.05) is 30.3 Å². The maximum absolute atomic E-state index is 12.6. The van der Waals surface area contributed by atoms with E-state index in [4.69, 9.17) is 4.42 Å². The van der Waals surface area contributed by atoms with Crippen LogP contribution in [0.25, 0.3) is 22.2 Å². The largest absolute Gasteiger partial charge is 0.444 e. The molecule has 2 aromatic carbocycles. The highest BCUT2D eigenvalue weighted by Crippen LogP contribution is 2.30. The molecule has 26 heavy (non-hydrogen) atoms. The molecular weight excluding hydrogens is 394 g/mol. The van der Waals surface area contributed by atoms with Crippen molar-refractivity contribution >= 4 is 38.4 Å². The van der Waals surface area contributed by atoms with Crippen LogP contribution in [-0.2, 0) is 11.3 Å². The van der Waals surface area contributed by atoms with E-state index in [1.807, 2.05) is 60.0 Å². The number of rotatable bonds is 4. The summed E-state index contributed by atoms with van der Waals surface area (Å²) in [5.41, 5.74) is 3.64. The first kappa shape index (κ1) is 16.6. The van der Waals surface area contributed by atoms with Gasteiger partial charge in [-0.05, 0) is 41.1 Å². The van der Waals surface area contributed by atoms with Gasteiger partial charge in [0, 0.05) is 32.3 Å². The Kier molecular flexibility index (Phi) is 4.34. The predicted molar refractivity (Wildman–Crippen MR) is 105 cm³/mol. The van der Waals surface area contributed by atoms with Crippen molar-refractivity contribution in [2.45, 2.75) is 13.5 Å². The van der Waals surface area contributed by atoms with Crippen molar-refractivity contribution in [3.8, 4) is 11.3 Å². The summed E-state index contributed by atoms with van der Waals surface area (Å²) in [5, 5.41) is 4.06. The number of amides is 1. The van der Waals surface area contributed by atoms with Crippen LogP contribution in [0, 0.1) is 6.92 Å². The molecule has 1 N–H and O–H groups in total. The number of carbonyl (C=O) groups is 1. The molecule has 0 aliphatic carbocycles. The molecule has 0 saturated carbocycles.